The SMILES string of the molecule is NC(=O)CNC(=O)c1ccc(-c2ccccc2)c(-c2ccc3cc(-c4nc5ccccc5n4C4CCCCC4)ccc3n2)c1. The number of amides is 2. The van der Waals surface area contributed by atoms with E-state index in [1.807, 2.05) is 48.5 Å². The van der Waals surface area contributed by atoms with Gasteiger partial charge in [-0.1, -0.05) is 73.9 Å². The molecule has 0 aliphatic heterocycles. The Bertz CT molecular complexity index is 2010. The number of aromatic nitrogens is 3. The van der Waals surface area contributed by atoms with Gasteiger partial charge >= 0.3 is 0 Å². The molecule has 0 bridgehead atoms. The molecule has 3 N–H and O–H groups in total. The van der Waals surface area contributed by atoms with Crippen molar-refractivity contribution in [1.29, 1.82) is 0 Å². The van der Waals surface area contributed by atoms with E-state index in [0.29, 0.717) is 11.6 Å². The first-order valence-corrected chi connectivity index (χ1v) is 15.2. The number of hydrogen-bond donors (Lipinski definition) is 2. The number of hydrogen-bond acceptors (Lipinski definition) is 4. The van der Waals surface area contributed by atoms with E-state index in [1.165, 1.54) is 37.6 Å². The normalized spacial score (nSPS) is 13.7. The molecule has 44 heavy (non-hydrogen) atoms. The number of imidazole rings is 1. The molecule has 7 nitrogen and oxygen atoms in total. The van der Waals surface area contributed by atoms with Crippen molar-refractivity contribution in [1.82, 2.24) is 19.9 Å². The van der Waals surface area contributed by atoms with Crippen LogP contribution in [0.25, 0.3) is 55.7 Å². The van der Waals surface area contributed by atoms with Gasteiger partial charge in [0.15, 0.2) is 0 Å². The van der Waals surface area contributed by atoms with Crippen LogP contribution in [0.15, 0.2) is 103 Å². The van der Waals surface area contributed by atoms with E-state index < -0.39 is 5.91 Å². The van der Waals surface area contributed by atoms with Gasteiger partial charge in [0.25, 0.3) is 5.91 Å². The third kappa shape index (κ3) is 5.33. The molecule has 2 amide bonds. The number of para-hydroxylation sites is 2. The molecule has 1 fully saturated rings. The average Bonchev–Trinajstić information content (AvgIpc) is 3.47. The van der Waals surface area contributed by atoms with Crippen molar-refractivity contribution in [2.75, 3.05) is 6.54 Å². The number of nitrogens with two attached hydrogens (primary N) is 1. The molecule has 4 aromatic carbocycles. The van der Waals surface area contributed by atoms with E-state index in [9.17, 15) is 9.59 Å². The lowest BCUT2D eigenvalue weighted by Crippen LogP contribution is -2.33. The standard InChI is InChI=1S/C37H33N5O2/c38-35(43)23-39-37(44)27-15-18-29(24-9-3-1-4-10-24)30(22-27)32-20-16-25-21-26(17-19-31(25)40-32)36-41-33-13-7-8-14-34(33)42(36)28-11-5-2-6-12-28/h1,3-4,7-10,13-22,28H,2,5-6,11-12,23H2,(H2,38,43)(H,39,44). The van der Waals surface area contributed by atoms with E-state index in [-0.39, 0.29) is 12.5 Å². The summed E-state index contributed by atoms with van der Waals surface area (Å²) in [4.78, 5) is 34.2. The Kier molecular flexibility index (Phi) is 7.36. The Hall–Kier alpha value is -5.30. The first kappa shape index (κ1) is 27.5. The summed E-state index contributed by atoms with van der Waals surface area (Å²) in [5.41, 5.74) is 13.4. The third-order valence-electron chi connectivity index (χ3n) is 8.55. The van der Waals surface area contributed by atoms with Gasteiger partial charge in [0.1, 0.15) is 5.82 Å². The lowest BCUT2D eigenvalue weighted by atomic mass is 9.94. The van der Waals surface area contributed by atoms with Crippen LogP contribution >= 0.6 is 0 Å². The Labute approximate surface area is 255 Å². The van der Waals surface area contributed by atoms with Gasteiger partial charge in [-0.3, -0.25) is 9.59 Å². The number of fused-ring (bicyclic) bond motifs is 2. The van der Waals surface area contributed by atoms with Crippen LogP contribution in [-0.2, 0) is 4.79 Å². The van der Waals surface area contributed by atoms with Crippen LogP contribution in [-0.4, -0.2) is 32.9 Å². The molecule has 0 unspecified atom stereocenters. The Morgan fingerprint density at radius 2 is 1.55 bits per heavy atom. The summed E-state index contributed by atoms with van der Waals surface area (Å²) in [6, 6.07) is 34.9. The highest BCUT2D eigenvalue weighted by molar-refractivity contribution is 5.99. The molecule has 0 saturated heterocycles. The number of rotatable bonds is 7. The molecule has 7 heteroatoms. The maximum atomic E-state index is 12.8. The first-order chi connectivity index (χ1) is 21.5. The summed E-state index contributed by atoms with van der Waals surface area (Å²) < 4.78 is 2.46. The molecule has 1 aliphatic carbocycles. The van der Waals surface area contributed by atoms with Crippen LogP contribution in [0.2, 0.25) is 0 Å². The molecular weight excluding hydrogens is 546 g/mol. The minimum atomic E-state index is -0.593. The second-order valence-corrected chi connectivity index (χ2v) is 11.5. The number of pyridine rings is 1. The maximum absolute atomic E-state index is 12.8. The highest BCUT2D eigenvalue weighted by Crippen LogP contribution is 2.37. The summed E-state index contributed by atoms with van der Waals surface area (Å²) in [6.07, 6.45) is 6.15. The van der Waals surface area contributed by atoms with Crippen molar-refractivity contribution in [2.24, 2.45) is 5.73 Å². The van der Waals surface area contributed by atoms with Gasteiger partial charge in [-0.15, -0.1) is 0 Å². The van der Waals surface area contributed by atoms with Crippen molar-refractivity contribution < 1.29 is 9.59 Å². The molecule has 1 aliphatic rings. The van der Waals surface area contributed by atoms with Crippen LogP contribution in [0.4, 0.5) is 0 Å². The van der Waals surface area contributed by atoms with E-state index in [2.05, 4.69) is 58.4 Å². The van der Waals surface area contributed by atoms with Gasteiger partial charge in [-0.2, -0.15) is 0 Å². The van der Waals surface area contributed by atoms with Gasteiger partial charge in [0.2, 0.25) is 5.91 Å². The largest absolute Gasteiger partial charge is 0.368 e. The third-order valence-corrected chi connectivity index (χ3v) is 8.55. The number of benzene rings is 4. The van der Waals surface area contributed by atoms with Gasteiger partial charge in [-0.05, 0) is 72.5 Å². The second-order valence-electron chi connectivity index (χ2n) is 11.5. The van der Waals surface area contributed by atoms with Crippen molar-refractivity contribution in [3.8, 4) is 33.8 Å². The number of nitrogens with zero attached hydrogens (tertiary/aromatic N) is 3. The fourth-order valence-corrected chi connectivity index (χ4v) is 6.41. The summed E-state index contributed by atoms with van der Waals surface area (Å²) >= 11 is 0. The second kappa shape index (κ2) is 11.8. The fraction of sp³-hybridized carbons (Fsp3) is 0.189. The Balaban J connectivity index is 1.30. The Morgan fingerprint density at radius 1 is 0.750 bits per heavy atom. The molecule has 0 atom stereocenters. The monoisotopic (exact) mass is 579 g/mol. The van der Waals surface area contributed by atoms with Crippen LogP contribution in [0.3, 0.4) is 0 Å². The summed E-state index contributed by atoms with van der Waals surface area (Å²) in [6.45, 7) is -0.223. The predicted octanol–water partition coefficient (Wildman–Crippen LogP) is 7.31. The highest BCUT2D eigenvalue weighted by Gasteiger charge is 2.22. The Morgan fingerprint density at radius 3 is 2.36 bits per heavy atom. The molecule has 1 saturated carbocycles. The quantitative estimate of drug-likeness (QED) is 0.207. The zero-order valence-corrected chi connectivity index (χ0v) is 24.4. The minimum absolute atomic E-state index is 0.223. The average molecular weight is 580 g/mol. The number of carbonyl (C=O) groups excluding carboxylic acids is 2. The van der Waals surface area contributed by atoms with Crippen molar-refractivity contribution in [3.63, 3.8) is 0 Å². The number of nitrogens with one attached hydrogen (secondary N) is 1. The summed E-state index contributed by atoms with van der Waals surface area (Å²) in [7, 11) is 0. The molecule has 6 aromatic rings. The summed E-state index contributed by atoms with van der Waals surface area (Å²) in [5, 5.41) is 3.60. The van der Waals surface area contributed by atoms with E-state index in [4.69, 9.17) is 15.7 Å². The van der Waals surface area contributed by atoms with Gasteiger partial charge in [0.05, 0.1) is 28.8 Å². The zero-order valence-electron chi connectivity index (χ0n) is 24.4. The van der Waals surface area contributed by atoms with Gasteiger partial charge in [-0.25, -0.2) is 9.97 Å². The van der Waals surface area contributed by atoms with E-state index in [1.54, 1.807) is 6.07 Å². The smallest absolute Gasteiger partial charge is 0.251 e. The summed E-state index contributed by atoms with van der Waals surface area (Å²) in [5.74, 6) is 0.0467. The maximum Gasteiger partial charge on any atom is 0.251 e. The van der Waals surface area contributed by atoms with E-state index in [0.717, 1.165) is 50.2 Å². The molecule has 218 valence electrons. The molecule has 0 spiro atoms. The van der Waals surface area contributed by atoms with Crippen LogP contribution in [0, 0.1) is 0 Å². The molecule has 2 aromatic heterocycles. The molecule has 0 radical (unpaired) electrons. The molecule has 2 heterocycles. The molecule has 7 rings (SSSR count). The topological polar surface area (TPSA) is 103 Å². The van der Waals surface area contributed by atoms with Crippen LogP contribution in [0.1, 0.15) is 48.5 Å². The fourth-order valence-electron chi connectivity index (χ4n) is 6.41. The van der Waals surface area contributed by atoms with Crippen molar-refractivity contribution in [2.45, 2.75) is 38.1 Å². The van der Waals surface area contributed by atoms with Crippen molar-refractivity contribution >= 4 is 33.8 Å². The minimum Gasteiger partial charge on any atom is -0.368 e. The van der Waals surface area contributed by atoms with E-state index >= 15 is 0 Å². The van der Waals surface area contributed by atoms with Crippen LogP contribution < -0.4 is 11.1 Å². The first-order valence-electron chi connectivity index (χ1n) is 15.2. The number of primary amides is 1. The highest BCUT2D eigenvalue weighted by atomic mass is 16.2. The lowest BCUT2D eigenvalue weighted by molar-refractivity contribution is -0.117. The lowest BCUT2D eigenvalue weighted by Gasteiger charge is -2.25. The van der Waals surface area contributed by atoms with Gasteiger partial charge < -0.3 is 15.6 Å². The van der Waals surface area contributed by atoms with Crippen molar-refractivity contribution in [3.05, 3.63) is 109 Å². The van der Waals surface area contributed by atoms with Gasteiger partial charge in [0, 0.05) is 28.1 Å². The zero-order chi connectivity index (χ0) is 30.0. The predicted molar refractivity (Wildman–Crippen MR) is 175 cm³/mol. The number of carbonyl (C=O) groups is 2. The molecular formula is C37H33N5O2. The van der Waals surface area contributed by atoms with Crippen LogP contribution in [0.5, 0.6) is 0 Å².